The second-order valence-electron chi connectivity index (χ2n) is 8.29. The van der Waals surface area contributed by atoms with Gasteiger partial charge in [0.25, 0.3) is 0 Å². The summed E-state index contributed by atoms with van der Waals surface area (Å²) in [6.07, 6.45) is -0.634. The molecular formula is C22H30O10. The van der Waals surface area contributed by atoms with Gasteiger partial charge < -0.3 is 37.9 Å². The number of carbonyl (C=O) groups is 2. The standard InChI is InChI=1S/C22H30O10/c1-21(2)29-11-15(31-21)9-27-19(23)13-25-17-7-5-6-8-18(17)26-14-20(24)28-10-16-12-30-22(3,4)32-16/h5-8,15-16H,9-14H2,1-4H3. The zero-order valence-electron chi connectivity index (χ0n) is 18.8. The Hall–Kier alpha value is -2.40. The van der Waals surface area contributed by atoms with Gasteiger partial charge in [0, 0.05) is 0 Å². The van der Waals surface area contributed by atoms with Crippen molar-refractivity contribution in [2.24, 2.45) is 0 Å². The molecule has 0 amide bonds. The van der Waals surface area contributed by atoms with E-state index in [-0.39, 0.29) is 38.6 Å². The van der Waals surface area contributed by atoms with Crippen LogP contribution >= 0.6 is 0 Å². The fraction of sp³-hybridized carbons (Fsp3) is 0.636. The summed E-state index contributed by atoms with van der Waals surface area (Å²) in [5.41, 5.74) is 0. The first kappa shape index (κ1) is 24.2. The topological polar surface area (TPSA) is 108 Å². The molecule has 1 aromatic rings. The van der Waals surface area contributed by atoms with Crippen LogP contribution in [0.5, 0.6) is 11.5 Å². The highest BCUT2D eigenvalue weighted by atomic mass is 16.8. The lowest BCUT2D eigenvalue weighted by Crippen LogP contribution is -2.27. The first-order valence-corrected chi connectivity index (χ1v) is 10.4. The SMILES string of the molecule is CC1(C)OCC(COC(=O)COc2ccccc2OCC(=O)OCC2COC(C)(C)O2)O1. The summed E-state index contributed by atoms with van der Waals surface area (Å²) in [4.78, 5) is 24.0. The lowest BCUT2D eigenvalue weighted by molar-refractivity contribution is -0.160. The molecule has 2 unspecified atom stereocenters. The third-order valence-corrected chi connectivity index (χ3v) is 4.54. The highest BCUT2D eigenvalue weighted by Gasteiger charge is 2.34. The highest BCUT2D eigenvalue weighted by Crippen LogP contribution is 2.27. The van der Waals surface area contributed by atoms with E-state index in [9.17, 15) is 9.59 Å². The van der Waals surface area contributed by atoms with Crippen molar-refractivity contribution in [1.82, 2.24) is 0 Å². The van der Waals surface area contributed by atoms with E-state index in [1.165, 1.54) is 0 Å². The van der Waals surface area contributed by atoms with E-state index < -0.39 is 23.5 Å². The van der Waals surface area contributed by atoms with Gasteiger partial charge in [0.2, 0.25) is 0 Å². The summed E-state index contributed by atoms with van der Waals surface area (Å²) < 4.78 is 43.3. The average molecular weight is 454 g/mol. The maximum Gasteiger partial charge on any atom is 0.344 e. The number of esters is 2. The molecule has 2 aliphatic rings. The number of benzene rings is 1. The molecule has 2 saturated heterocycles. The van der Waals surface area contributed by atoms with Gasteiger partial charge in [-0.1, -0.05) is 12.1 Å². The molecule has 0 radical (unpaired) electrons. The van der Waals surface area contributed by atoms with E-state index in [0.29, 0.717) is 24.7 Å². The fourth-order valence-corrected chi connectivity index (χ4v) is 3.11. The average Bonchev–Trinajstić information content (AvgIpc) is 3.28. The van der Waals surface area contributed by atoms with E-state index >= 15 is 0 Å². The Bertz CT molecular complexity index is 726. The molecule has 0 bridgehead atoms. The number of hydrogen-bond acceptors (Lipinski definition) is 10. The van der Waals surface area contributed by atoms with Gasteiger partial charge in [-0.2, -0.15) is 0 Å². The van der Waals surface area contributed by atoms with Gasteiger partial charge in [0.15, 0.2) is 36.3 Å². The zero-order chi connectivity index (χ0) is 23.2. The summed E-state index contributed by atoms with van der Waals surface area (Å²) in [5.74, 6) is -1.89. The lowest BCUT2D eigenvalue weighted by Gasteiger charge is -2.17. The molecule has 3 rings (SSSR count). The zero-order valence-corrected chi connectivity index (χ0v) is 18.8. The molecule has 0 N–H and O–H groups in total. The largest absolute Gasteiger partial charge is 0.478 e. The van der Waals surface area contributed by atoms with Crippen molar-refractivity contribution in [1.29, 1.82) is 0 Å². The monoisotopic (exact) mass is 454 g/mol. The van der Waals surface area contributed by atoms with E-state index in [4.69, 9.17) is 37.9 Å². The molecule has 2 atom stereocenters. The van der Waals surface area contributed by atoms with E-state index in [0.717, 1.165) is 0 Å². The van der Waals surface area contributed by atoms with Crippen molar-refractivity contribution in [3.63, 3.8) is 0 Å². The molecule has 0 saturated carbocycles. The summed E-state index contributed by atoms with van der Waals surface area (Å²) in [6, 6.07) is 6.68. The quantitative estimate of drug-likeness (QED) is 0.486. The third kappa shape index (κ3) is 7.63. The Labute approximate surface area is 186 Å². The van der Waals surface area contributed by atoms with Gasteiger partial charge in [0.05, 0.1) is 13.2 Å². The minimum atomic E-state index is -0.681. The number of rotatable bonds is 10. The van der Waals surface area contributed by atoms with Gasteiger partial charge in [-0.3, -0.25) is 0 Å². The van der Waals surface area contributed by atoms with Crippen molar-refractivity contribution in [3.8, 4) is 11.5 Å². The van der Waals surface area contributed by atoms with Crippen LogP contribution in [0.1, 0.15) is 27.7 Å². The molecule has 178 valence electrons. The Morgan fingerprint density at radius 1 is 0.812 bits per heavy atom. The first-order chi connectivity index (χ1) is 15.1. The van der Waals surface area contributed by atoms with Crippen molar-refractivity contribution >= 4 is 11.9 Å². The second-order valence-corrected chi connectivity index (χ2v) is 8.29. The summed E-state index contributed by atoms with van der Waals surface area (Å²) >= 11 is 0. The van der Waals surface area contributed by atoms with Crippen LogP contribution in [0.2, 0.25) is 0 Å². The Balaban J connectivity index is 1.37. The van der Waals surface area contributed by atoms with Crippen LogP contribution in [-0.2, 0) is 38.0 Å². The van der Waals surface area contributed by atoms with Crippen molar-refractivity contribution < 1.29 is 47.5 Å². The fourth-order valence-electron chi connectivity index (χ4n) is 3.11. The van der Waals surface area contributed by atoms with Crippen LogP contribution in [0.15, 0.2) is 24.3 Å². The molecular weight excluding hydrogens is 424 g/mol. The minimum absolute atomic E-state index is 0.0720. The molecule has 2 aliphatic heterocycles. The molecule has 0 spiro atoms. The van der Waals surface area contributed by atoms with Crippen LogP contribution in [0.25, 0.3) is 0 Å². The van der Waals surface area contributed by atoms with Gasteiger partial charge in [-0.15, -0.1) is 0 Å². The molecule has 0 aromatic heterocycles. The smallest absolute Gasteiger partial charge is 0.344 e. The maximum absolute atomic E-state index is 12.0. The molecule has 10 heteroatoms. The molecule has 2 heterocycles. The molecule has 2 fully saturated rings. The van der Waals surface area contributed by atoms with Gasteiger partial charge >= 0.3 is 11.9 Å². The van der Waals surface area contributed by atoms with Crippen molar-refractivity contribution in [2.75, 3.05) is 39.6 Å². The number of para-hydroxylation sites is 2. The van der Waals surface area contributed by atoms with Crippen LogP contribution < -0.4 is 9.47 Å². The van der Waals surface area contributed by atoms with Crippen molar-refractivity contribution in [2.45, 2.75) is 51.5 Å². The second kappa shape index (κ2) is 10.5. The molecule has 1 aromatic carbocycles. The predicted octanol–water partition coefficient (Wildman–Crippen LogP) is 1.83. The summed E-state index contributed by atoms with van der Waals surface area (Å²) in [6.45, 7) is 7.38. The molecule has 32 heavy (non-hydrogen) atoms. The normalized spacial score (nSPS) is 23.5. The van der Waals surface area contributed by atoms with E-state index in [1.54, 1.807) is 52.0 Å². The number of hydrogen-bond donors (Lipinski definition) is 0. The van der Waals surface area contributed by atoms with Gasteiger partial charge in [0.1, 0.15) is 25.4 Å². The molecule has 10 nitrogen and oxygen atoms in total. The van der Waals surface area contributed by atoms with Gasteiger partial charge in [-0.05, 0) is 39.8 Å². The minimum Gasteiger partial charge on any atom is -0.478 e. The van der Waals surface area contributed by atoms with Crippen LogP contribution in [0.4, 0.5) is 0 Å². The predicted molar refractivity (Wildman–Crippen MR) is 109 cm³/mol. The number of ether oxygens (including phenoxy) is 8. The number of carbonyl (C=O) groups excluding carboxylic acids is 2. The van der Waals surface area contributed by atoms with Gasteiger partial charge in [-0.25, -0.2) is 9.59 Å². The van der Waals surface area contributed by atoms with Crippen LogP contribution in [0, 0.1) is 0 Å². The van der Waals surface area contributed by atoms with Crippen LogP contribution in [0.3, 0.4) is 0 Å². The first-order valence-electron chi connectivity index (χ1n) is 10.4. The Kier molecular flexibility index (Phi) is 7.94. The van der Waals surface area contributed by atoms with Crippen LogP contribution in [-0.4, -0.2) is 75.4 Å². The highest BCUT2D eigenvalue weighted by molar-refractivity contribution is 5.72. The van der Waals surface area contributed by atoms with E-state index in [1.807, 2.05) is 0 Å². The summed E-state index contributed by atoms with van der Waals surface area (Å²) in [7, 11) is 0. The third-order valence-electron chi connectivity index (χ3n) is 4.54. The molecule has 0 aliphatic carbocycles. The van der Waals surface area contributed by atoms with E-state index in [2.05, 4.69) is 0 Å². The Morgan fingerprint density at radius 3 is 1.56 bits per heavy atom. The summed E-state index contributed by atoms with van der Waals surface area (Å²) in [5, 5.41) is 0. The lowest BCUT2D eigenvalue weighted by atomic mass is 10.3. The maximum atomic E-state index is 12.0. The Morgan fingerprint density at radius 2 is 1.22 bits per heavy atom. The van der Waals surface area contributed by atoms with Crippen molar-refractivity contribution in [3.05, 3.63) is 24.3 Å².